The first-order valence-corrected chi connectivity index (χ1v) is 10.7. The molecule has 0 heterocycles. The van der Waals surface area contributed by atoms with Crippen molar-refractivity contribution in [2.75, 3.05) is 0 Å². The highest BCUT2D eigenvalue weighted by atomic mass is 127. The fourth-order valence-corrected chi connectivity index (χ4v) is 2.62. The van der Waals surface area contributed by atoms with Crippen LogP contribution in [0.3, 0.4) is 0 Å². The van der Waals surface area contributed by atoms with Crippen molar-refractivity contribution < 1.29 is 13.2 Å². The maximum absolute atomic E-state index is 13.8. The van der Waals surface area contributed by atoms with E-state index in [1.165, 1.54) is 8.93 Å². The number of hydrogen-bond acceptors (Lipinski definition) is 1. The standard InChI is InChI=1S/C19H18F3IS/c1-4-14(3)18(16-9-7-6-8-10-16)17(19(20,21)22)13-15(5-2)11-12-24-23/h5-10,13H,4H2,1-3H3/b15-5-,17-13+,18-14+. The fraction of sp³-hybridized carbons (Fsp3) is 0.263. The summed E-state index contributed by atoms with van der Waals surface area (Å²) in [4.78, 5) is 0. The van der Waals surface area contributed by atoms with Crippen LogP contribution in [0.2, 0.25) is 0 Å². The summed E-state index contributed by atoms with van der Waals surface area (Å²) in [5, 5.41) is 2.74. The van der Waals surface area contributed by atoms with E-state index in [4.69, 9.17) is 0 Å². The average Bonchev–Trinajstić information content (AvgIpc) is 2.57. The summed E-state index contributed by atoms with van der Waals surface area (Å²) in [5.41, 5.74) is 1.18. The summed E-state index contributed by atoms with van der Waals surface area (Å²) in [6.07, 6.45) is -1.19. The third kappa shape index (κ3) is 6.06. The van der Waals surface area contributed by atoms with Crippen molar-refractivity contribution in [3.63, 3.8) is 0 Å². The maximum Gasteiger partial charge on any atom is 0.417 e. The Morgan fingerprint density at radius 1 is 1.25 bits per heavy atom. The van der Waals surface area contributed by atoms with Crippen molar-refractivity contribution in [1.29, 1.82) is 0 Å². The van der Waals surface area contributed by atoms with Crippen LogP contribution in [0.25, 0.3) is 5.57 Å². The van der Waals surface area contributed by atoms with E-state index >= 15 is 0 Å². The summed E-state index contributed by atoms with van der Waals surface area (Å²) in [6.45, 7) is 5.28. The average molecular weight is 462 g/mol. The summed E-state index contributed by atoms with van der Waals surface area (Å²) in [7, 11) is 1.24. The first kappa shape index (κ1) is 20.9. The molecule has 0 saturated carbocycles. The third-order valence-electron chi connectivity index (χ3n) is 3.44. The van der Waals surface area contributed by atoms with Crippen LogP contribution in [0.4, 0.5) is 13.2 Å². The summed E-state index contributed by atoms with van der Waals surface area (Å²) >= 11 is 1.99. The van der Waals surface area contributed by atoms with E-state index in [0.29, 0.717) is 23.1 Å². The van der Waals surface area contributed by atoms with Crippen LogP contribution in [0, 0.1) is 11.2 Å². The molecule has 0 aromatic heterocycles. The van der Waals surface area contributed by atoms with Gasteiger partial charge >= 0.3 is 6.18 Å². The van der Waals surface area contributed by atoms with E-state index in [9.17, 15) is 13.2 Å². The molecule has 0 amide bonds. The second kappa shape index (κ2) is 10.00. The van der Waals surface area contributed by atoms with Gasteiger partial charge in [0, 0.05) is 26.8 Å². The molecule has 24 heavy (non-hydrogen) atoms. The van der Waals surface area contributed by atoms with E-state index in [1.54, 1.807) is 50.3 Å². The van der Waals surface area contributed by atoms with Crippen LogP contribution in [0.1, 0.15) is 32.8 Å². The van der Waals surface area contributed by atoms with Gasteiger partial charge in [-0.25, -0.2) is 0 Å². The molecule has 0 unspecified atom stereocenters. The normalized spacial score (nSPS) is 14.0. The van der Waals surface area contributed by atoms with Crippen molar-refractivity contribution in [2.24, 2.45) is 0 Å². The molecule has 1 aromatic rings. The number of halogens is 4. The zero-order chi connectivity index (χ0) is 18.2. The topological polar surface area (TPSA) is 0 Å². The summed E-state index contributed by atoms with van der Waals surface area (Å²) < 4.78 is 41.4. The molecular weight excluding hydrogens is 444 g/mol. The second-order valence-electron chi connectivity index (χ2n) is 4.98. The van der Waals surface area contributed by atoms with E-state index in [-0.39, 0.29) is 5.57 Å². The fourth-order valence-electron chi connectivity index (χ4n) is 2.13. The Morgan fingerprint density at radius 2 is 1.88 bits per heavy atom. The van der Waals surface area contributed by atoms with E-state index in [1.807, 2.05) is 28.1 Å². The molecule has 0 aliphatic heterocycles. The molecule has 0 aliphatic carbocycles. The van der Waals surface area contributed by atoms with E-state index < -0.39 is 11.7 Å². The second-order valence-corrected chi connectivity index (χ2v) is 6.66. The van der Waals surface area contributed by atoms with Crippen molar-refractivity contribution in [1.82, 2.24) is 0 Å². The van der Waals surface area contributed by atoms with Gasteiger partial charge < -0.3 is 0 Å². The highest BCUT2D eigenvalue weighted by molar-refractivity contribution is 14.2. The van der Waals surface area contributed by atoms with Gasteiger partial charge in [0.05, 0.1) is 5.57 Å². The molecule has 0 aliphatic rings. The summed E-state index contributed by atoms with van der Waals surface area (Å²) in [6, 6.07) is 8.69. The Kier molecular flexibility index (Phi) is 8.71. The Morgan fingerprint density at radius 3 is 2.33 bits per heavy atom. The monoisotopic (exact) mass is 462 g/mol. The van der Waals surface area contributed by atoms with Crippen LogP contribution < -0.4 is 0 Å². The molecule has 0 atom stereocenters. The lowest BCUT2D eigenvalue weighted by Gasteiger charge is -2.19. The molecular formula is C19H18F3IS. The number of benzene rings is 1. The zero-order valence-corrected chi connectivity index (χ0v) is 16.6. The lowest BCUT2D eigenvalue weighted by Crippen LogP contribution is -2.15. The van der Waals surface area contributed by atoms with Gasteiger partial charge in [0.15, 0.2) is 0 Å². The molecule has 0 fully saturated rings. The third-order valence-corrected chi connectivity index (χ3v) is 4.28. The van der Waals surface area contributed by atoms with Crippen molar-refractivity contribution in [2.45, 2.75) is 33.4 Å². The van der Waals surface area contributed by atoms with Crippen LogP contribution in [-0.2, 0) is 0 Å². The molecule has 0 bridgehead atoms. The molecule has 128 valence electrons. The van der Waals surface area contributed by atoms with Gasteiger partial charge in [-0.3, -0.25) is 0 Å². The Hall–Kier alpha value is -1.13. The van der Waals surface area contributed by atoms with Gasteiger partial charge in [0.2, 0.25) is 0 Å². The molecule has 0 saturated heterocycles. The molecule has 1 rings (SSSR count). The van der Waals surface area contributed by atoms with E-state index in [2.05, 4.69) is 11.2 Å². The molecule has 0 N–H and O–H groups in total. The summed E-state index contributed by atoms with van der Waals surface area (Å²) in [5.74, 6) is 2.75. The van der Waals surface area contributed by atoms with Crippen molar-refractivity contribution in [3.8, 4) is 11.2 Å². The van der Waals surface area contributed by atoms with E-state index in [0.717, 1.165) is 6.08 Å². The minimum atomic E-state index is -4.46. The van der Waals surface area contributed by atoms with Crippen molar-refractivity contribution in [3.05, 3.63) is 64.8 Å². The predicted molar refractivity (Wildman–Crippen MR) is 107 cm³/mol. The first-order valence-electron chi connectivity index (χ1n) is 7.34. The van der Waals surface area contributed by atoms with Crippen LogP contribution in [0.5, 0.6) is 0 Å². The minimum absolute atomic E-state index is 0.230. The van der Waals surface area contributed by atoms with Crippen LogP contribution in [0.15, 0.2) is 59.2 Å². The maximum atomic E-state index is 13.8. The van der Waals surface area contributed by atoms with Gasteiger partial charge in [-0.15, -0.1) is 0 Å². The number of alkyl halides is 3. The number of allylic oxidation sites excluding steroid dienone is 6. The minimum Gasteiger partial charge on any atom is -0.166 e. The Balaban J connectivity index is 3.63. The van der Waals surface area contributed by atoms with Gasteiger partial charge in [0.1, 0.15) is 0 Å². The lowest BCUT2D eigenvalue weighted by molar-refractivity contribution is -0.0871. The van der Waals surface area contributed by atoms with Crippen molar-refractivity contribution >= 4 is 35.7 Å². The molecule has 0 nitrogen and oxygen atoms in total. The van der Waals surface area contributed by atoms with Gasteiger partial charge in [-0.1, -0.05) is 54.8 Å². The smallest absolute Gasteiger partial charge is 0.166 e. The quantitative estimate of drug-likeness (QED) is 0.256. The number of rotatable bonds is 4. The SMILES string of the molecule is C\C=C(C#CSI)/C=C(\C(=C(/C)CC)c1ccccc1)C(F)(F)F. The molecule has 0 spiro atoms. The highest BCUT2D eigenvalue weighted by Gasteiger charge is 2.37. The highest BCUT2D eigenvalue weighted by Crippen LogP contribution is 2.39. The molecule has 1 aromatic carbocycles. The Bertz CT molecular complexity index is 702. The van der Waals surface area contributed by atoms with Gasteiger partial charge in [0.25, 0.3) is 0 Å². The van der Waals surface area contributed by atoms with Crippen LogP contribution >= 0.6 is 30.1 Å². The van der Waals surface area contributed by atoms with Crippen LogP contribution in [-0.4, -0.2) is 6.18 Å². The first-order chi connectivity index (χ1) is 11.3. The van der Waals surface area contributed by atoms with Gasteiger partial charge in [-0.05, 0) is 51.7 Å². The molecule has 5 heteroatoms. The number of hydrogen-bond donors (Lipinski definition) is 0. The molecule has 0 radical (unpaired) electrons. The lowest BCUT2D eigenvalue weighted by atomic mass is 9.90. The largest absolute Gasteiger partial charge is 0.417 e. The Labute approximate surface area is 157 Å². The zero-order valence-electron chi connectivity index (χ0n) is 13.7. The predicted octanol–water partition coefficient (Wildman–Crippen LogP) is 7.35. The van der Waals surface area contributed by atoms with Gasteiger partial charge in [-0.2, -0.15) is 13.2 Å².